The summed E-state index contributed by atoms with van der Waals surface area (Å²) in [6.07, 6.45) is 0.286. The van der Waals surface area contributed by atoms with E-state index in [1.165, 1.54) is 16.9 Å². The zero-order chi connectivity index (χ0) is 17.1. The van der Waals surface area contributed by atoms with Gasteiger partial charge in [-0.25, -0.2) is 4.98 Å². The number of carbonyl (C=O) groups is 2. The molecule has 5 nitrogen and oxygen atoms in total. The molecule has 2 heterocycles. The molecular formula is C18H21N3O2S. The van der Waals surface area contributed by atoms with Gasteiger partial charge in [0.2, 0.25) is 11.8 Å². The van der Waals surface area contributed by atoms with Crippen LogP contribution in [-0.4, -0.2) is 28.2 Å². The largest absolute Gasteiger partial charge is 0.349 e. The maximum Gasteiger partial charge on any atom is 0.225 e. The number of aryl methyl sites for hydroxylation is 2. The first kappa shape index (κ1) is 16.6. The molecule has 1 atom stereocenters. The van der Waals surface area contributed by atoms with Crippen LogP contribution in [0.3, 0.4) is 0 Å². The summed E-state index contributed by atoms with van der Waals surface area (Å²) >= 11 is 1.53. The van der Waals surface area contributed by atoms with Crippen LogP contribution < -0.4 is 5.32 Å². The molecule has 0 aliphatic carbocycles. The maximum atomic E-state index is 12.3. The normalized spacial score (nSPS) is 17.3. The van der Waals surface area contributed by atoms with Crippen molar-refractivity contribution in [2.24, 2.45) is 5.92 Å². The lowest BCUT2D eigenvalue weighted by Crippen LogP contribution is -2.32. The van der Waals surface area contributed by atoms with Gasteiger partial charge in [0.1, 0.15) is 5.01 Å². The Labute approximate surface area is 145 Å². The van der Waals surface area contributed by atoms with Crippen molar-refractivity contribution in [3.63, 3.8) is 0 Å². The van der Waals surface area contributed by atoms with E-state index < -0.39 is 0 Å². The molecule has 3 rings (SSSR count). The lowest BCUT2D eigenvalue weighted by Gasteiger charge is -2.16. The van der Waals surface area contributed by atoms with Crippen LogP contribution in [0.25, 0.3) is 0 Å². The van der Waals surface area contributed by atoms with Crippen molar-refractivity contribution in [3.8, 4) is 0 Å². The average Bonchev–Trinajstić information content (AvgIpc) is 3.13. The minimum atomic E-state index is -0.274. The molecule has 0 bridgehead atoms. The number of hydrogen-bond donors (Lipinski definition) is 1. The average molecular weight is 343 g/mol. The molecule has 0 spiro atoms. The van der Waals surface area contributed by atoms with E-state index in [0.29, 0.717) is 19.6 Å². The van der Waals surface area contributed by atoms with Gasteiger partial charge in [-0.3, -0.25) is 9.59 Å². The predicted molar refractivity (Wildman–Crippen MR) is 93.4 cm³/mol. The fourth-order valence-electron chi connectivity index (χ4n) is 2.81. The van der Waals surface area contributed by atoms with E-state index in [4.69, 9.17) is 0 Å². The van der Waals surface area contributed by atoms with E-state index in [1.807, 2.05) is 43.5 Å². The summed E-state index contributed by atoms with van der Waals surface area (Å²) in [6, 6.07) is 8.13. The number of thiazole rings is 1. The van der Waals surface area contributed by atoms with Gasteiger partial charge in [-0.05, 0) is 19.4 Å². The topological polar surface area (TPSA) is 62.3 Å². The lowest BCUT2D eigenvalue weighted by molar-refractivity contribution is -0.129. The fraction of sp³-hybridized carbons (Fsp3) is 0.389. The first-order valence-corrected chi connectivity index (χ1v) is 8.91. The summed E-state index contributed by atoms with van der Waals surface area (Å²) in [5.74, 6) is -0.299. The van der Waals surface area contributed by atoms with E-state index in [9.17, 15) is 9.59 Å². The molecule has 1 aromatic carbocycles. The van der Waals surface area contributed by atoms with Crippen LogP contribution in [0.4, 0.5) is 0 Å². The Morgan fingerprint density at radius 2 is 2.08 bits per heavy atom. The van der Waals surface area contributed by atoms with Crippen molar-refractivity contribution in [2.45, 2.75) is 33.4 Å². The maximum absolute atomic E-state index is 12.3. The Hall–Kier alpha value is -2.21. The van der Waals surface area contributed by atoms with Crippen molar-refractivity contribution in [3.05, 3.63) is 51.5 Å². The fourth-order valence-corrected chi connectivity index (χ4v) is 3.52. The van der Waals surface area contributed by atoms with Crippen molar-refractivity contribution in [1.29, 1.82) is 0 Å². The van der Waals surface area contributed by atoms with Gasteiger partial charge < -0.3 is 10.2 Å². The Kier molecular flexibility index (Phi) is 4.94. The second kappa shape index (κ2) is 7.13. The molecule has 6 heteroatoms. The lowest BCUT2D eigenvalue weighted by atomic mass is 10.1. The second-order valence-corrected chi connectivity index (χ2v) is 7.20. The Bertz CT molecular complexity index is 739. The quantitative estimate of drug-likeness (QED) is 0.907. The molecule has 1 fully saturated rings. The number of hydrogen-bond acceptors (Lipinski definition) is 4. The van der Waals surface area contributed by atoms with Crippen molar-refractivity contribution in [2.75, 3.05) is 6.54 Å². The predicted octanol–water partition coefficient (Wildman–Crippen LogP) is 2.42. The number of carbonyl (C=O) groups excluding carboxylic acids is 2. The summed E-state index contributed by atoms with van der Waals surface area (Å²) in [4.78, 5) is 30.6. The number of benzene rings is 1. The summed E-state index contributed by atoms with van der Waals surface area (Å²) < 4.78 is 0. The van der Waals surface area contributed by atoms with E-state index in [-0.39, 0.29) is 24.2 Å². The number of amides is 2. The van der Waals surface area contributed by atoms with Gasteiger partial charge in [-0.2, -0.15) is 0 Å². The van der Waals surface area contributed by atoms with E-state index in [1.54, 1.807) is 4.90 Å². The van der Waals surface area contributed by atoms with Gasteiger partial charge in [-0.1, -0.05) is 29.8 Å². The molecule has 1 aliphatic heterocycles. The molecule has 2 amide bonds. The minimum Gasteiger partial charge on any atom is -0.349 e. The van der Waals surface area contributed by atoms with Crippen molar-refractivity contribution in [1.82, 2.24) is 15.2 Å². The molecule has 1 N–H and O–H groups in total. The van der Waals surface area contributed by atoms with Gasteiger partial charge in [0.25, 0.3) is 0 Å². The summed E-state index contributed by atoms with van der Waals surface area (Å²) in [5.41, 5.74) is 3.25. The minimum absolute atomic E-state index is 0.0424. The van der Waals surface area contributed by atoms with Crippen LogP contribution in [0.2, 0.25) is 0 Å². The van der Waals surface area contributed by atoms with Crippen LogP contribution >= 0.6 is 11.3 Å². The molecule has 1 aromatic heterocycles. The van der Waals surface area contributed by atoms with Crippen LogP contribution in [0.15, 0.2) is 29.6 Å². The molecule has 1 saturated heterocycles. The van der Waals surface area contributed by atoms with Crippen LogP contribution in [0, 0.1) is 19.8 Å². The summed E-state index contributed by atoms with van der Waals surface area (Å²) in [6.45, 7) is 5.44. The third-order valence-corrected chi connectivity index (χ3v) is 5.13. The van der Waals surface area contributed by atoms with Crippen LogP contribution in [-0.2, 0) is 22.7 Å². The molecule has 0 saturated carbocycles. The zero-order valence-electron chi connectivity index (χ0n) is 13.9. The number of nitrogens with zero attached hydrogens (tertiary/aromatic N) is 2. The first-order chi connectivity index (χ1) is 11.5. The molecular weight excluding hydrogens is 322 g/mol. The number of likely N-dealkylation sites (tertiary alicyclic amines) is 1. The number of rotatable bonds is 5. The van der Waals surface area contributed by atoms with Gasteiger partial charge >= 0.3 is 0 Å². The van der Waals surface area contributed by atoms with E-state index in [0.717, 1.165) is 16.3 Å². The molecule has 0 radical (unpaired) electrons. The SMILES string of the molecule is Cc1ccc(CN2C[C@H](C(=O)NCc3nc(C)cs3)CC2=O)cc1. The molecule has 1 aliphatic rings. The van der Waals surface area contributed by atoms with E-state index >= 15 is 0 Å². The zero-order valence-corrected chi connectivity index (χ0v) is 14.7. The van der Waals surface area contributed by atoms with Gasteiger partial charge in [0.05, 0.1) is 12.5 Å². The molecule has 24 heavy (non-hydrogen) atoms. The van der Waals surface area contributed by atoms with Gasteiger partial charge in [-0.15, -0.1) is 11.3 Å². The van der Waals surface area contributed by atoms with Crippen LogP contribution in [0.1, 0.15) is 28.2 Å². The first-order valence-electron chi connectivity index (χ1n) is 8.03. The smallest absolute Gasteiger partial charge is 0.225 e. The van der Waals surface area contributed by atoms with Gasteiger partial charge in [0, 0.05) is 30.6 Å². The molecule has 0 unspecified atom stereocenters. The number of aromatic nitrogens is 1. The van der Waals surface area contributed by atoms with Gasteiger partial charge in [0.15, 0.2) is 0 Å². The van der Waals surface area contributed by atoms with Crippen molar-refractivity contribution >= 4 is 23.2 Å². The highest BCUT2D eigenvalue weighted by Crippen LogP contribution is 2.21. The molecule has 2 aromatic rings. The monoisotopic (exact) mass is 343 g/mol. The molecule has 126 valence electrons. The van der Waals surface area contributed by atoms with E-state index in [2.05, 4.69) is 10.3 Å². The highest BCUT2D eigenvalue weighted by atomic mass is 32.1. The highest BCUT2D eigenvalue weighted by molar-refractivity contribution is 7.09. The third-order valence-electron chi connectivity index (χ3n) is 4.16. The Morgan fingerprint density at radius 1 is 1.33 bits per heavy atom. The second-order valence-electron chi connectivity index (χ2n) is 6.26. The van der Waals surface area contributed by atoms with Crippen LogP contribution in [0.5, 0.6) is 0 Å². The summed E-state index contributed by atoms with van der Waals surface area (Å²) in [7, 11) is 0. The Balaban J connectivity index is 1.53. The standard InChI is InChI=1S/C18H21N3O2S/c1-12-3-5-14(6-4-12)9-21-10-15(7-17(21)22)18(23)19-8-16-20-13(2)11-24-16/h3-6,11,15H,7-10H2,1-2H3,(H,19,23)/t15-/m1/s1. The Morgan fingerprint density at radius 3 is 2.75 bits per heavy atom. The number of nitrogens with one attached hydrogen (secondary N) is 1. The highest BCUT2D eigenvalue weighted by Gasteiger charge is 2.34. The van der Waals surface area contributed by atoms with Crippen molar-refractivity contribution < 1.29 is 9.59 Å². The summed E-state index contributed by atoms with van der Waals surface area (Å²) in [5, 5.41) is 5.75. The third kappa shape index (κ3) is 4.00.